The van der Waals surface area contributed by atoms with Crippen molar-refractivity contribution in [2.24, 2.45) is 0 Å². The number of ether oxygens (including phenoxy) is 1. The van der Waals surface area contributed by atoms with E-state index >= 15 is 0 Å². The molecule has 118 valence electrons. The van der Waals surface area contributed by atoms with E-state index in [0.717, 1.165) is 17.0 Å². The fourth-order valence-electron chi connectivity index (χ4n) is 2.29. The number of rotatable bonds is 5. The molecule has 0 saturated carbocycles. The molecule has 0 fully saturated rings. The maximum atomic E-state index is 5.72. The lowest BCUT2D eigenvalue weighted by Crippen LogP contribution is -2.01. The van der Waals surface area contributed by atoms with Gasteiger partial charge < -0.3 is 14.5 Å². The van der Waals surface area contributed by atoms with Gasteiger partial charge in [0.1, 0.15) is 5.75 Å². The highest BCUT2D eigenvalue weighted by atomic mass is 16.5. The number of hydrogen-bond acceptors (Lipinski definition) is 5. The Morgan fingerprint density at radius 3 is 2.78 bits per heavy atom. The highest BCUT2D eigenvalue weighted by molar-refractivity contribution is 5.55. The first-order valence-corrected chi connectivity index (χ1v) is 7.43. The van der Waals surface area contributed by atoms with Gasteiger partial charge in [-0.3, -0.25) is 0 Å². The second-order valence-electron chi connectivity index (χ2n) is 5.40. The van der Waals surface area contributed by atoms with E-state index < -0.39 is 0 Å². The standard InChI is InChI=1S/C18H19N3O2/c1-12-7-8-13(2)16(9-12)19-11-17-20-21-18(23-17)14-5-4-6-15(10-14)22-3/h4-10,19H,11H2,1-3H3. The summed E-state index contributed by atoms with van der Waals surface area (Å²) in [7, 11) is 1.63. The van der Waals surface area contributed by atoms with Gasteiger partial charge in [-0.2, -0.15) is 0 Å². The number of hydrogen-bond donors (Lipinski definition) is 1. The lowest BCUT2D eigenvalue weighted by molar-refractivity contribution is 0.414. The molecule has 0 spiro atoms. The topological polar surface area (TPSA) is 60.2 Å². The molecule has 1 N–H and O–H groups in total. The highest BCUT2D eigenvalue weighted by Crippen LogP contribution is 2.23. The predicted octanol–water partition coefficient (Wildman–Crippen LogP) is 3.97. The first-order chi connectivity index (χ1) is 11.2. The third-order valence-electron chi connectivity index (χ3n) is 3.61. The Labute approximate surface area is 135 Å². The third-order valence-corrected chi connectivity index (χ3v) is 3.61. The molecule has 0 bridgehead atoms. The summed E-state index contributed by atoms with van der Waals surface area (Å²) in [5.74, 6) is 1.79. The smallest absolute Gasteiger partial charge is 0.247 e. The Morgan fingerprint density at radius 2 is 1.96 bits per heavy atom. The van der Waals surface area contributed by atoms with Crippen molar-refractivity contribution in [1.82, 2.24) is 10.2 Å². The summed E-state index contributed by atoms with van der Waals surface area (Å²) in [4.78, 5) is 0. The monoisotopic (exact) mass is 309 g/mol. The van der Waals surface area contributed by atoms with E-state index in [-0.39, 0.29) is 0 Å². The minimum atomic E-state index is 0.487. The molecule has 0 aliphatic carbocycles. The molecule has 0 atom stereocenters. The van der Waals surface area contributed by atoms with Crippen LogP contribution in [-0.4, -0.2) is 17.3 Å². The van der Waals surface area contributed by atoms with Gasteiger partial charge in [-0.25, -0.2) is 0 Å². The van der Waals surface area contributed by atoms with E-state index in [1.807, 2.05) is 24.3 Å². The number of benzene rings is 2. The first kappa shape index (κ1) is 15.1. The van der Waals surface area contributed by atoms with Gasteiger partial charge in [0, 0.05) is 11.3 Å². The SMILES string of the molecule is COc1cccc(-c2nnc(CNc3cc(C)ccc3C)o2)c1. The van der Waals surface area contributed by atoms with Crippen LogP contribution in [0.1, 0.15) is 17.0 Å². The van der Waals surface area contributed by atoms with Crippen molar-refractivity contribution >= 4 is 5.69 Å². The van der Waals surface area contributed by atoms with E-state index in [1.165, 1.54) is 11.1 Å². The average molecular weight is 309 g/mol. The number of methoxy groups -OCH3 is 1. The molecular weight excluding hydrogens is 290 g/mol. The van der Waals surface area contributed by atoms with Crippen LogP contribution < -0.4 is 10.1 Å². The zero-order valence-electron chi connectivity index (χ0n) is 13.5. The second kappa shape index (κ2) is 6.52. The Bertz CT molecular complexity index is 812. The average Bonchev–Trinajstić information content (AvgIpc) is 3.05. The normalized spacial score (nSPS) is 10.6. The molecule has 5 nitrogen and oxygen atoms in total. The van der Waals surface area contributed by atoms with Crippen LogP contribution in [0, 0.1) is 13.8 Å². The van der Waals surface area contributed by atoms with Gasteiger partial charge in [0.05, 0.1) is 13.7 Å². The Kier molecular flexibility index (Phi) is 4.28. The Hall–Kier alpha value is -2.82. The predicted molar refractivity (Wildman–Crippen MR) is 89.5 cm³/mol. The van der Waals surface area contributed by atoms with Crippen LogP contribution in [0.5, 0.6) is 5.75 Å². The van der Waals surface area contributed by atoms with Crippen molar-refractivity contribution < 1.29 is 9.15 Å². The van der Waals surface area contributed by atoms with Crippen LogP contribution in [0.3, 0.4) is 0 Å². The maximum Gasteiger partial charge on any atom is 0.247 e. The van der Waals surface area contributed by atoms with Gasteiger partial charge in [0.2, 0.25) is 11.8 Å². The van der Waals surface area contributed by atoms with Crippen LogP contribution in [0.2, 0.25) is 0 Å². The highest BCUT2D eigenvalue weighted by Gasteiger charge is 2.09. The van der Waals surface area contributed by atoms with Crippen molar-refractivity contribution in [2.45, 2.75) is 20.4 Å². The largest absolute Gasteiger partial charge is 0.497 e. The van der Waals surface area contributed by atoms with E-state index in [0.29, 0.717) is 18.3 Å². The summed E-state index contributed by atoms with van der Waals surface area (Å²) in [5.41, 5.74) is 4.31. The van der Waals surface area contributed by atoms with Crippen LogP contribution in [0.25, 0.3) is 11.5 Å². The minimum absolute atomic E-state index is 0.487. The van der Waals surface area contributed by atoms with Crippen LogP contribution >= 0.6 is 0 Å². The maximum absolute atomic E-state index is 5.72. The lowest BCUT2D eigenvalue weighted by atomic mass is 10.1. The van der Waals surface area contributed by atoms with Gasteiger partial charge in [-0.1, -0.05) is 18.2 Å². The number of aromatic nitrogens is 2. The molecular formula is C18H19N3O2. The Morgan fingerprint density at radius 1 is 1.09 bits per heavy atom. The van der Waals surface area contributed by atoms with E-state index in [1.54, 1.807) is 7.11 Å². The number of nitrogens with zero attached hydrogens (tertiary/aromatic N) is 2. The molecule has 0 unspecified atom stereocenters. The fourth-order valence-corrected chi connectivity index (χ4v) is 2.29. The molecule has 3 rings (SSSR count). The number of aryl methyl sites for hydroxylation is 2. The van der Waals surface area contributed by atoms with E-state index in [2.05, 4.69) is 47.6 Å². The summed E-state index contributed by atoms with van der Waals surface area (Å²) >= 11 is 0. The minimum Gasteiger partial charge on any atom is -0.497 e. The summed E-state index contributed by atoms with van der Waals surface area (Å²) in [6.45, 7) is 4.62. The van der Waals surface area contributed by atoms with Gasteiger partial charge in [0.15, 0.2) is 0 Å². The van der Waals surface area contributed by atoms with Crippen molar-refractivity contribution in [3.05, 3.63) is 59.5 Å². The molecule has 23 heavy (non-hydrogen) atoms. The van der Waals surface area contributed by atoms with Crippen molar-refractivity contribution in [3.63, 3.8) is 0 Å². The van der Waals surface area contributed by atoms with E-state index in [4.69, 9.17) is 9.15 Å². The second-order valence-corrected chi connectivity index (χ2v) is 5.40. The molecule has 1 heterocycles. The zero-order valence-corrected chi connectivity index (χ0v) is 13.5. The molecule has 1 aromatic heterocycles. The third kappa shape index (κ3) is 3.51. The quantitative estimate of drug-likeness (QED) is 0.772. The van der Waals surface area contributed by atoms with Crippen molar-refractivity contribution in [3.8, 4) is 17.2 Å². The van der Waals surface area contributed by atoms with Crippen molar-refractivity contribution in [1.29, 1.82) is 0 Å². The summed E-state index contributed by atoms with van der Waals surface area (Å²) < 4.78 is 10.9. The van der Waals surface area contributed by atoms with Gasteiger partial charge in [-0.05, 0) is 49.2 Å². The summed E-state index contributed by atoms with van der Waals surface area (Å²) in [5, 5.41) is 11.5. The number of anilines is 1. The molecule has 2 aromatic carbocycles. The van der Waals surface area contributed by atoms with Gasteiger partial charge >= 0.3 is 0 Å². The molecule has 0 aliphatic rings. The molecule has 0 amide bonds. The van der Waals surface area contributed by atoms with Crippen LogP contribution in [-0.2, 0) is 6.54 Å². The van der Waals surface area contributed by atoms with Crippen molar-refractivity contribution in [2.75, 3.05) is 12.4 Å². The van der Waals surface area contributed by atoms with Crippen LogP contribution in [0.15, 0.2) is 46.9 Å². The van der Waals surface area contributed by atoms with Gasteiger partial charge in [0.25, 0.3) is 0 Å². The summed E-state index contributed by atoms with van der Waals surface area (Å²) in [6.07, 6.45) is 0. The Balaban J connectivity index is 1.73. The van der Waals surface area contributed by atoms with Crippen LogP contribution in [0.4, 0.5) is 5.69 Å². The molecule has 0 aliphatic heterocycles. The fraction of sp³-hybridized carbons (Fsp3) is 0.222. The molecule has 0 radical (unpaired) electrons. The number of nitrogens with one attached hydrogen (secondary N) is 1. The summed E-state index contributed by atoms with van der Waals surface area (Å²) in [6, 6.07) is 13.8. The lowest BCUT2D eigenvalue weighted by Gasteiger charge is -2.08. The molecule has 0 saturated heterocycles. The first-order valence-electron chi connectivity index (χ1n) is 7.43. The molecule has 5 heteroatoms. The van der Waals surface area contributed by atoms with Gasteiger partial charge in [-0.15, -0.1) is 10.2 Å². The molecule has 3 aromatic rings. The van der Waals surface area contributed by atoms with E-state index in [9.17, 15) is 0 Å². The zero-order chi connectivity index (χ0) is 16.2.